The topological polar surface area (TPSA) is 49.8 Å². The van der Waals surface area contributed by atoms with Crippen molar-refractivity contribution in [1.82, 2.24) is 9.97 Å². The number of aromatic nitrogens is 2. The van der Waals surface area contributed by atoms with Crippen LogP contribution in [0.4, 0.5) is 36.3 Å². The SMILES string of the molecule is CCCCc1ccc(Nc2ncc(C(F)(F)F)c(Nc3ccccc3C(C)C)n2)cc1. The zero-order valence-corrected chi connectivity index (χ0v) is 17.9. The zero-order chi connectivity index (χ0) is 22.4. The van der Waals surface area contributed by atoms with Gasteiger partial charge in [-0.05, 0) is 48.1 Å². The summed E-state index contributed by atoms with van der Waals surface area (Å²) in [6.07, 6.45) is -0.534. The van der Waals surface area contributed by atoms with E-state index in [1.165, 1.54) is 5.56 Å². The Labute approximate surface area is 181 Å². The summed E-state index contributed by atoms with van der Waals surface area (Å²) in [5.74, 6) is -0.0415. The highest BCUT2D eigenvalue weighted by Crippen LogP contribution is 2.36. The minimum absolute atomic E-state index is 0.0961. The summed E-state index contributed by atoms with van der Waals surface area (Å²) in [4.78, 5) is 8.04. The highest BCUT2D eigenvalue weighted by Gasteiger charge is 2.35. The molecular weight excluding hydrogens is 401 g/mol. The summed E-state index contributed by atoms with van der Waals surface area (Å²) in [6.45, 7) is 6.12. The monoisotopic (exact) mass is 428 g/mol. The average Bonchev–Trinajstić information content (AvgIpc) is 2.73. The second-order valence-electron chi connectivity index (χ2n) is 7.75. The summed E-state index contributed by atoms with van der Waals surface area (Å²) in [6, 6.07) is 15.0. The number of para-hydroxylation sites is 1. The van der Waals surface area contributed by atoms with Crippen molar-refractivity contribution in [2.24, 2.45) is 0 Å². The molecule has 3 rings (SSSR count). The Balaban J connectivity index is 1.89. The molecule has 0 spiro atoms. The Kier molecular flexibility index (Phi) is 7.15. The standard InChI is InChI=1S/C24H27F3N4/c1-4-5-8-17-11-13-18(14-12-17)29-23-28-15-20(24(25,26)27)22(31-23)30-21-10-7-6-9-19(21)16(2)3/h6-7,9-16H,4-5,8H2,1-3H3,(H2,28,29,30,31). The smallest absolute Gasteiger partial charge is 0.339 e. The van der Waals surface area contributed by atoms with Gasteiger partial charge in [0.2, 0.25) is 5.95 Å². The van der Waals surface area contributed by atoms with Crippen molar-refractivity contribution in [3.8, 4) is 0 Å². The fraction of sp³-hybridized carbons (Fsp3) is 0.333. The molecule has 1 aromatic heterocycles. The first-order valence-electron chi connectivity index (χ1n) is 10.4. The van der Waals surface area contributed by atoms with E-state index in [1.54, 1.807) is 12.1 Å². The molecule has 3 aromatic rings. The molecule has 0 aliphatic rings. The van der Waals surface area contributed by atoms with E-state index in [2.05, 4.69) is 27.5 Å². The van der Waals surface area contributed by atoms with Gasteiger partial charge in [-0.25, -0.2) is 4.98 Å². The van der Waals surface area contributed by atoms with Crippen LogP contribution in [0, 0.1) is 0 Å². The van der Waals surface area contributed by atoms with E-state index in [9.17, 15) is 13.2 Å². The van der Waals surface area contributed by atoms with Crippen molar-refractivity contribution in [3.05, 3.63) is 71.4 Å². The minimum Gasteiger partial charge on any atom is -0.339 e. The van der Waals surface area contributed by atoms with Gasteiger partial charge < -0.3 is 10.6 Å². The lowest BCUT2D eigenvalue weighted by atomic mass is 10.0. The minimum atomic E-state index is -4.57. The van der Waals surface area contributed by atoms with Crippen LogP contribution in [0.15, 0.2) is 54.7 Å². The van der Waals surface area contributed by atoms with E-state index < -0.39 is 11.7 Å². The molecule has 0 radical (unpaired) electrons. The van der Waals surface area contributed by atoms with Crippen LogP contribution in [0.1, 0.15) is 56.2 Å². The van der Waals surface area contributed by atoms with Crippen molar-refractivity contribution < 1.29 is 13.2 Å². The number of anilines is 4. The number of aryl methyl sites for hydroxylation is 1. The molecule has 2 N–H and O–H groups in total. The molecule has 2 aromatic carbocycles. The molecule has 0 bridgehead atoms. The number of hydrogen-bond donors (Lipinski definition) is 2. The van der Waals surface area contributed by atoms with Crippen LogP contribution >= 0.6 is 0 Å². The quantitative estimate of drug-likeness (QED) is 0.391. The van der Waals surface area contributed by atoms with E-state index in [-0.39, 0.29) is 17.7 Å². The van der Waals surface area contributed by atoms with Crippen molar-refractivity contribution in [3.63, 3.8) is 0 Å². The molecule has 0 fully saturated rings. The van der Waals surface area contributed by atoms with Gasteiger partial charge in [-0.3, -0.25) is 0 Å². The van der Waals surface area contributed by atoms with Crippen LogP contribution in [0.2, 0.25) is 0 Å². The van der Waals surface area contributed by atoms with Gasteiger partial charge in [-0.2, -0.15) is 18.2 Å². The summed E-state index contributed by atoms with van der Waals surface area (Å²) in [5.41, 5.74) is 2.52. The van der Waals surface area contributed by atoms with Crippen molar-refractivity contribution in [2.75, 3.05) is 10.6 Å². The van der Waals surface area contributed by atoms with Gasteiger partial charge in [0.25, 0.3) is 0 Å². The zero-order valence-electron chi connectivity index (χ0n) is 17.9. The molecule has 164 valence electrons. The first-order chi connectivity index (χ1) is 14.8. The van der Waals surface area contributed by atoms with E-state index in [4.69, 9.17) is 0 Å². The van der Waals surface area contributed by atoms with Crippen LogP contribution in [-0.4, -0.2) is 9.97 Å². The summed E-state index contributed by atoms with van der Waals surface area (Å²) in [5, 5.41) is 5.88. The lowest BCUT2D eigenvalue weighted by molar-refractivity contribution is -0.137. The largest absolute Gasteiger partial charge is 0.421 e. The Morgan fingerprint density at radius 3 is 2.32 bits per heavy atom. The molecule has 0 amide bonds. The molecular formula is C24H27F3N4. The van der Waals surface area contributed by atoms with Crippen molar-refractivity contribution in [1.29, 1.82) is 0 Å². The second kappa shape index (κ2) is 9.81. The Morgan fingerprint density at radius 2 is 1.68 bits per heavy atom. The number of rotatable bonds is 8. The molecule has 0 unspecified atom stereocenters. The molecule has 0 saturated heterocycles. The molecule has 1 heterocycles. The van der Waals surface area contributed by atoms with Crippen LogP contribution < -0.4 is 10.6 Å². The number of benzene rings is 2. The Bertz CT molecular complexity index is 998. The predicted molar refractivity (Wildman–Crippen MR) is 119 cm³/mol. The number of unbranched alkanes of at least 4 members (excludes halogenated alkanes) is 1. The third-order valence-corrected chi connectivity index (χ3v) is 4.96. The Morgan fingerprint density at radius 1 is 0.968 bits per heavy atom. The normalized spacial score (nSPS) is 11.6. The molecule has 7 heteroatoms. The first kappa shape index (κ1) is 22.6. The second-order valence-corrected chi connectivity index (χ2v) is 7.75. The summed E-state index contributed by atoms with van der Waals surface area (Å²) >= 11 is 0. The van der Waals surface area contributed by atoms with Gasteiger partial charge >= 0.3 is 6.18 Å². The van der Waals surface area contributed by atoms with Crippen molar-refractivity contribution in [2.45, 2.75) is 52.1 Å². The maximum absolute atomic E-state index is 13.6. The molecule has 0 aliphatic heterocycles. The molecule has 0 aliphatic carbocycles. The van der Waals surface area contributed by atoms with Gasteiger partial charge in [-0.1, -0.05) is 57.5 Å². The lowest BCUT2D eigenvalue weighted by Crippen LogP contribution is -2.13. The Hall–Kier alpha value is -3.09. The average molecular weight is 429 g/mol. The van der Waals surface area contributed by atoms with Gasteiger partial charge in [0, 0.05) is 17.6 Å². The first-order valence-corrected chi connectivity index (χ1v) is 10.4. The third kappa shape index (κ3) is 5.96. The van der Waals surface area contributed by atoms with Crippen molar-refractivity contribution >= 4 is 23.1 Å². The fourth-order valence-corrected chi connectivity index (χ4v) is 3.25. The number of hydrogen-bond acceptors (Lipinski definition) is 4. The van der Waals surface area contributed by atoms with Crippen LogP contribution in [-0.2, 0) is 12.6 Å². The molecule has 31 heavy (non-hydrogen) atoms. The lowest BCUT2D eigenvalue weighted by Gasteiger charge is -2.18. The maximum atomic E-state index is 13.6. The fourth-order valence-electron chi connectivity index (χ4n) is 3.25. The maximum Gasteiger partial charge on any atom is 0.421 e. The number of nitrogens with zero attached hydrogens (tertiary/aromatic N) is 2. The van der Waals surface area contributed by atoms with Gasteiger partial charge in [0.1, 0.15) is 11.4 Å². The third-order valence-electron chi connectivity index (χ3n) is 4.96. The number of alkyl halides is 3. The van der Waals surface area contributed by atoms with Crippen LogP contribution in [0.3, 0.4) is 0 Å². The molecule has 0 saturated carbocycles. The summed E-state index contributed by atoms with van der Waals surface area (Å²) < 4.78 is 40.7. The number of nitrogens with one attached hydrogen (secondary N) is 2. The van der Waals surface area contributed by atoms with Crippen LogP contribution in [0.5, 0.6) is 0 Å². The molecule has 4 nitrogen and oxygen atoms in total. The van der Waals surface area contributed by atoms with E-state index >= 15 is 0 Å². The highest BCUT2D eigenvalue weighted by atomic mass is 19.4. The van der Waals surface area contributed by atoms with Crippen LogP contribution in [0.25, 0.3) is 0 Å². The number of halogens is 3. The van der Waals surface area contributed by atoms with E-state index in [1.807, 2.05) is 50.2 Å². The highest BCUT2D eigenvalue weighted by molar-refractivity contribution is 5.66. The van der Waals surface area contributed by atoms with Gasteiger partial charge in [0.15, 0.2) is 0 Å². The van der Waals surface area contributed by atoms with E-state index in [0.717, 1.165) is 31.0 Å². The van der Waals surface area contributed by atoms with Gasteiger partial charge in [0.05, 0.1) is 0 Å². The van der Waals surface area contributed by atoms with E-state index in [0.29, 0.717) is 11.4 Å². The summed E-state index contributed by atoms with van der Waals surface area (Å²) in [7, 11) is 0. The predicted octanol–water partition coefficient (Wildman–Crippen LogP) is 7.45. The van der Waals surface area contributed by atoms with Gasteiger partial charge in [-0.15, -0.1) is 0 Å². The molecule has 0 atom stereocenters.